The number of carboxylic acids is 1. The topological polar surface area (TPSA) is 197 Å². The lowest BCUT2D eigenvalue weighted by molar-refractivity contribution is -0.297. The van der Waals surface area contributed by atoms with Crippen molar-refractivity contribution < 1.29 is 14.7 Å². The highest BCUT2D eigenvalue weighted by molar-refractivity contribution is 5.97. The molecule has 0 aliphatic rings. The van der Waals surface area contributed by atoms with Crippen LogP contribution in [0.4, 0.5) is 0 Å². The van der Waals surface area contributed by atoms with Crippen LogP contribution < -0.4 is 28.0 Å². The molecular formula is C8H15N6O3-. The van der Waals surface area contributed by atoms with Crippen molar-refractivity contribution in [2.24, 2.45) is 27.9 Å². The Balaban J connectivity index is -0.000000188. The van der Waals surface area contributed by atoms with Gasteiger partial charge in [-0.15, -0.1) is 0 Å². The summed E-state index contributed by atoms with van der Waals surface area (Å²) in [6, 6.07) is 0. The molecule has 0 fully saturated rings. The maximum absolute atomic E-state index is 10.2. The number of nitrogens with two attached hydrogens (primary N) is 4. The number of guanidine groups is 2. The van der Waals surface area contributed by atoms with Crippen molar-refractivity contribution in [2.75, 3.05) is 0 Å². The van der Waals surface area contributed by atoms with E-state index in [0.717, 1.165) is 12.2 Å². The largest absolute Gasteiger partial charge is 0.545 e. The van der Waals surface area contributed by atoms with Crippen LogP contribution in [0.5, 0.6) is 0 Å². The molecule has 0 saturated carbocycles. The summed E-state index contributed by atoms with van der Waals surface area (Å²) in [6.45, 7) is 6.04. The molecule has 9 N–H and O–H groups in total. The van der Waals surface area contributed by atoms with Crippen LogP contribution in [0.2, 0.25) is 0 Å². The summed E-state index contributed by atoms with van der Waals surface area (Å²) in [5.41, 5.74) is 18.6. The molecule has 0 bridgehead atoms. The number of nitrogens with one attached hydrogen (secondary N) is 1. The van der Waals surface area contributed by atoms with Gasteiger partial charge < -0.3 is 32.8 Å². The predicted molar refractivity (Wildman–Crippen MR) is 62.3 cm³/mol. The predicted octanol–water partition coefficient (Wildman–Crippen LogP) is -3.27. The van der Waals surface area contributed by atoms with Crippen molar-refractivity contribution in [3.8, 4) is 0 Å². The molecule has 0 radical (unpaired) electrons. The number of hydrogen-bond donors (Lipinski definition) is 5. The summed E-state index contributed by atoms with van der Waals surface area (Å²) >= 11 is 0. The molecule has 0 atom stereocenters. The average Bonchev–Trinajstić information content (AvgIpc) is 2.16. The van der Waals surface area contributed by atoms with Gasteiger partial charge in [0.2, 0.25) is 0 Å². The van der Waals surface area contributed by atoms with E-state index in [9.17, 15) is 4.79 Å². The van der Waals surface area contributed by atoms with Crippen LogP contribution in [0.15, 0.2) is 30.3 Å². The fourth-order valence-electron chi connectivity index (χ4n) is 0.173. The van der Waals surface area contributed by atoms with Gasteiger partial charge in [-0.05, 0) is 12.2 Å². The van der Waals surface area contributed by atoms with Crippen LogP contribution in [-0.2, 0) is 9.59 Å². The fourth-order valence-corrected chi connectivity index (χ4v) is 0.173. The van der Waals surface area contributed by atoms with Gasteiger partial charge in [0.05, 0.1) is 5.97 Å². The van der Waals surface area contributed by atoms with Crippen LogP contribution in [0.1, 0.15) is 0 Å². The number of carboxylic acid groups (broad SMARTS) is 1. The van der Waals surface area contributed by atoms with E-state index >= 15 is 0 Å². The number of amides is 1. The van der Waals surface area contributed by atoms with E-state index in [1.54, 1.807) is 0 Å². The van der Waals surface area contributed by atoms with Crippen molar-refractivity contribution in [3.63, 3.8) is 0 Å². The fraction of sp³-hybridized carbons (Fsp3) is 0. The van der Waals surface area contributed by atoms with Crippen LogP contribution >= 0.6 is 0 Å². The summed E-state index contributed by atoms with van der Waals surface area (Å²) in [4.78, 5) is 22.4. The molecule has 9 nitrogen and oxygen atoms in total. The zero-order valence-electron chi connectivity index (χ0n) is 9.05. The maximum Gasteiger partial charge on any atom is 0.272 e. The third-order valence-corrected chi connectivity index (χ3v) is 0.581. The second-order valence-corrected chi connectivity index (χ2v) is 2.06. The van der Waals surface area contributed by atoms with Gasteiger partial charge in [0.15, 0.2) is 11.9 Å². The van der Waals surface area contributed by atoms with Crippen molar-refractivity contribution in [1.29, 1.82) is 5.41 Å². The van der Waals surface area contributed by atoms with Gasteiger partial charge in [-0.1, -0.05) is 13.2 Å². The number of nitrogens with zero attached hydrogens (tertiary/aromatic N) is 1. The van der Waals surface area contributed by atoms with E-state index in [4.69, 9.17) is 26.8 Å². The molecule has 0 spiro atoms. The van der Waals surface area contributed by atoms with Gasteiger partial charge in [-0.25, -0.2) is 0 Å². The van der Waals surface area contributed by atoms with E-state index < -0.39 is 11.9 Å². The van der Waals surface area contributed by atoms with Crippen molar-refractivity contribution in [3.05, 3.63) is 25.3 Å². The first-order chi connectivity index (χ1) is 7.67. The lowest BCUT2D eigenvalue weighted by Crippen LogP contribution is -2.23. The number of rotatable bonds is 2. The highest BCUT2D eigenvalue weighted by atomic mass is 16.4. The first kappa shape index (κ1) is 19.7. The zero-order chi connectivity index (χ0) is 14.4. The molecule has 0 aromatic heterocycles. The average molecular weight is 243 g/mol. The number of carbonyl (C=O) groups is 2. The Hall–Kier alpha value is -2.84. The van der Waals surface area contributed by atoms with Crippen LogP contribution in [-0.4, -0.2) is 23.8 Å². The quantitative estimate of drug-likeness (QED) is 0.190. The van der Waals surface area contributed by atoms with E-state index in [-0.39, 0.29) is 11.9 Å². The van der Waals surface area contributed by atoms with Gasteiger partial charge in [0, 0.05) is 0 Å². The molecule has 96 valence electrons. The standard InChI is InChI=1S/C4H7N3O.C3H4O2.CH5N3/c1-2-3(8)7-4(5)6;1-2-3(4)5;2-1(3)4/h2H,1H2,(H4,5,6,7,8);2H,1H2,(H,4,5);(H5,2,3,4)/p-1. The monoisotopic (exact) mass is 243 g/mol. The zero-order valence-corrected chi connectivity index (χ0v) is 9.05. The Bertz CT molecular complexity index is 315. The lowest BCUT2D eigenvalue weighted by Gasteiger charge is -1.83. The number of aliphatic carboxylic acids is 1. The van der Waals surface area contributed by atoms with Crippen LogP contribution in [0, 0.1) is 5.41 Å². The first-order valence-electron chi connectivity index (χ1n) is 3.86. The molecule has 0 heterocycles. The van der Waals surface area contributed by atoms with Crippen molar-refractivity contribution in [2.45, 2.75) is 0 Å². The Morgan fingerprint density at radius 3 is 1.47 bits per heavy atom. The third-order valence-electron chi connectivity index (χ3n) is 0.581. The molecule has 0 unspecified atom stereocenters. The van der Waals surface area contributed by atoms with Crippen molar-refractivity contribution in [1.82, 2.24) is 0 Å². The summed E-state index contributed by atoms with van der Waals surface area (Å²) < 4.78 is 0. The van der Waals surface area contributed by atoms with E-state index in [2.05, 4.69) is 29.6 Å². The second kappa shape index (κ2) is 13.2. The normalized spacial score (nSPS) is 6.82. The summed E-state index contributed by atoms with van der Waals surface area (Å²) in [5.74, 6) is -2.33. The SMILES string of the molecule is C=CC(=O)N=C(N)N.C=CC(=O)[O-].N=C(N)N. The second-order valence-electron chi connectivity index (χ2n) is 2.06. The Morgan fingerprint density at radius 1 is 1.12 bits per heavy atom. The molecule has 0 aromatic carbocycles. The minimum Gasteiger partial charge on any atom is -0.545 e. The highest BCUT2D eigenvalue weighted by Crippen LogP contribution is 1.71. The molecule has 1 amide bonds. The highest BCUT2D eigenvalue weighted by Gasteiger charge is 1.86. The van der Waals surface area contributed by atoms with E-state index in [1.807, 2.05) is 0 Å². The van der Waals surface area contributed by atoms with Gasteiger partial charge in [0.25, 0.3) is 5.91 Å². The summed E-state index contributed by atoms with van der Waals surface area (Å²) in [7, 11) is 0. The Morgan fingerprint density at radius 2 is 1.41 bits per heavy atom. The van der Waals surface area contributed by atoms with Gasteiger partial charge >= 0.3 is 0 Å². The summed E-state index contributed by atoms with van der Waals surface area (Å²) in [6.07, 6.45) is 1.75. The summed E-state index contributed by atoms with van der Waals surface area (Å²) in [5, 5.41) is 15.2. The van der Waals surface area contributed by atoms with Gasteiger partial charge in [0.1, 0.15) is 0 Å². The van der Waals surface area contributed by atoms with E-state index in [1.165, 1.54) is 0 Å². The third kappa shape index (κ3) is 61.6. The lowest BCUT2D eigenvalue weighted by atomic mass is 10.6. The minimum absolute atomic E-state index is 0.241. The van der Waals surface area contributed by atoms with E-state index in [0.29, 0.717) is 0 Å². The van der Waals surface area contributed by atoms with Gasteiger partial charge in [-0.3, -0.25) is 10.2 Å². The molecule has 0 saturated heterocycles. The molecule has 9 heteroatoms. The molecule has 0 aliphatic carbocycles. The number of carbonyl (C=O) groups excluding carboxylic acids is 2. The number of aliphatic imine (C=N–C) groups is 1. The Labute approximate surface area is 98.0 Å². The van der Waals surface area contributed by atoms with Crippen LogP contribution in [0.3, 0.4) is 0 Å². The Kier molecular flexibility index (Phi) is 15.2. The molecule has 17 heavy (non-hydrogen) atoms. The first-order valence-corrected chi connectivity index (χ1v) is 3.86. The maximum atomic E-state index is 10.2. The molecule has 0 rings (SSSR count). The molecule has 0 aromatic rings. The number of hydrogen-bond acceptors (Lipinski definition) is 4. The molecular weight excluding hydrogens is 228 g/mol. The van der Waals surface area contributed by atoms with Gasteiger partial charge in [-0.2, -0.15) is 4.99 Å². The van der Waals surface area contributed by atoms with Crippen LogP contribution in [0.25, 0.3) is 0 Å². The van der Waals surface area contributed by atoms with Crippen molar-refractivity contribution >= 4 is 23.8 Å². The molecule has 0 aliphatic heterocycles. The smallest absolute Gasteiger partial charge is 0.272 e. The minimum atomic E-state index is -1.23.